The number of aliphatic carboxylic acids is 1. The van der Waals surface area contributed by atoms with Crippen LogP contribution in [-0.4, -0.2) is 47.7 Å². The lowest BCUT2D eigenvalue weighted by atomic mass is 9.84. The summed E-state index contributed by atoms with van der Waals surface area (Å²) in [5.41, 5.74) is 5.46. The van der Waals surface area contributed by atoms with E-state index in [9.17, 15) is 19.5 Å². The van der Waals surface area contributed by atoms with Crippen LogP contribution in [0.15, 0.2) is 0 Å². The molecule has 0 bridgehead atoms. The van der Waals surface area contributed by atoms with Crippen LogP contribution in [0.4, 0.5) is 4.79 Å². The maximum absolute atomic E-state index is 12.9. The fourth-order valence-electron chi connectivity index (χ4n) is 4.21. The van der Waals surface area contributed by atoms with Crippen LogP contribution in [0.1, 0.15) is 85.0 Å². The number of hydrogen-bond acceptors (Lipinski definition) is 4. The minimum atomic E-state index is -1.08. The quantitative estimate of drug-likeness (QED) is 0.289. The van der Waals surface area contributed by atoms with E-state index in [2.05, 4.69) is 29.8 Å². The van der Waals surface area contributed by atoms with E-state index in [4.69, 9.17) is 5.73 Å². The van der Waals surface area contributed by atoms with Gasteiger partial charge in [0.1, 0.15) is 12.1 Å². The predicted molar refractivity (Wildman–Crippen MR) is 118 cm³/mol. The second-order valence-corrected chi connectivity index (χ2v) is 9.12. The van der Waals surface area contributed by atoms with Crippen LogP contribution < -0.4 is 21.7 Å². The van der Waals surface area contributed by atoms with E-state index in [0.29, 0.717) is 44.1 Å². The Kier molecular flexibility index (Phi) is 12.4. The molecule has 0 aromatic heterocycles. The number of carboxylic acids is 1. The normalized spacial score (nSPS) is 17.8. The Bertz CT molecular complexity index is 535. The Morgan fingerprint density at radius 3 is 2.17 bits per heavy atom. The highest BCUT2D eigenvalue weighted by Gasteiger charge is 2.28. The minimum Gasteiger partial charge on any atom is -0.480 e. The van der Waals surface area contributed by atoms with Gasteiger partial charge in [-0.3, -0.25) is 4.79 Å². The number of nitrogens with one attached hydrogen (secondary N) is 3. The molecule has 1 aliphatic carbocycles. The molecule has 8 nitrogen and oxygen atoms in total. The molecule has 0 heterocycles. The molecule has 1 aliphatic rings. The van der Waals surface area contributed by atoms with Crippen molar-refractivity contribution in [2.45, 2.75) is 103 Å². The first-order chi connectivity index (χ1) is 14.2. The number of urea groups is 1. The molecule has 1 saturated carbocycles. The number of hydrogen-bond donors (Lipinski definition) is 5. The number of nitrogens with two attached hydrogens (primary N) is 1. The van der Waals surface area contributed by atoms with Crippen molar-refractivity contribution in [3.05, 3.63) is 0 Å². The van der Waals surface area contributed by atoms with Gasteiger partial charge in [0.25, 0.3) is 0 Å². The molecule has 0 saturated heterocycles. The summed E-state index contributed by atoms with van der Waals surface area (Å²) in [6.45, 7) is 6.65. The van der Waals surface area contributed by atoms with Gasteiger partial charge in [0.05, 0.1) is 0 Å². The van der Waals surface area contributed by atoms with Gasteiger partial charge >= 0.3 is 12.0 Å². The smallest absolute Gasteiger partial charge is 0.326 e. The second kappa shape index (κ2) is 14.2. The number of carbonyl (C=O) groups excluding carboxylic acids is 2. The molecule has 6 N–H and O–H groups in total. The van der Waals surface area contributed by atoms with E-state index in [-0.39, 0.29) is 11.9 Å². The predicted octanol–water partition coefficient (Wildman–Crippen LogP) is 2.76. The largest absolute Gasteiger partial charge is 0.480 e. The molecule has 174 valence electrons. The van der Waals surface area contributed by atoms with E-state index in [1.807, 2.05) is 6.92 Å². The van der Waals surface area contributed by atoms with Crippen molar-refractivity contribution in [2.75, 3.05) is 6.54 Å². The van der Waals surface area contributed by atoms with Crippen molar-refractivity contribution in [3.63, 3.8) is 0 Å². The van der Waals surface area contributed by atoms with Gasteiger partial charge < -0.3 is 26.8 Å². The molecule has 1 fully saturated rings. The molecule has 3 amide bonds. The monoisotopic (exact) mass is 426 g/mol. The summed E-state index contributed by atoms with van der Waals surface area (Å²) in [6.07, 6.45) is 8.71. The zero-order chi connectivity index (χ0) is 22.5. The Morgan fingerprint density at radius 2 is 1.60 bits per heavy atom. The third-order valence-electron chi connectivity index (χ3n) is 5.68. The number of carbonyl (C=O) groups is 3. The summed E-state index contributed by atoms with van der Waals surface area (Å²) < 4.78 is 0. The molecule has 1 rings (SSSR count). The molecule has 0 aliphatic heterocycles. The van der Waals surface area contributed by atoms with Gasteiger partial charge in [-0.2, -0.15) is 0 Å². The minimum absolute atomic E-state index is 0.0132. The number of carboxylic acid groups (broad SMARTS) is 1. The summed E-state index contributed by atoms with van der Waals surface area (Å²) >= 11 is 0. The lowest BCUT2D eigenvalue weighted by molar-refractivity contribution is -0.139. The van der Waals surface area contributed by atoms with Crippen molar-refractivity contribution >= 4 is 17.9 Å². The number of rotatable bonds is 13. The summed E-state index contributed by atoms with van der Waals surface area (Å²) in [6, 6.07) is -2.25. The van der Waals surface area contributed by atoms with Crippen LogP contribution in [0.5, 0.6) is 0 Å². The van der Waals surface area contributed by atoms with Crippen LogP contribution in [0.3, 0.4) is 0 Å². The Morgan fingerprint density at radius 1 is 0.967 bits per heavy atom. The molecule has 0 aromatic carbocycles. The van der Waals surface area contributed by atoms with Crippen molar-refractivity contribution in [2.24, 2.45) is 17.6 Å². The van der Waals surface area contributed by atoms with Crippen LogP contribution in [0, 0.1) is 11.8 Å². The number of amides is 3. The fraction of sp³-hybridized carbons (Fsp3) is 0.864. The van der Waals surface area contributed by atoms with Gasteiger partial charge in [0.15, 0.2) is 0 Å². The maximum Gasteiger partial charge on any atom is 0.326 e. The highest BCUT2D eigenvalue weighted by molar-refractivity contribution is 5.88. The summed E-state index contributed by atoms with van der Waals surface area (Å²) in [7, 11) is 0. The van der Waals surface area contributed by atoms with Crippen LogP contribution in [0.25, 0.3) is 0 Å². The van der Waals surface area contributed by atoms with Crippen molar-refractivity contribution in [3.8, 4) is 0 Å². The number of unbranched alkanes of at least 4 members (excludes halogenated alkanes) is 1. The highest BCUT2D eigenvalue weighted by Crippen LogP contribution is 2.27. The average Bonchev–Trinajstić information content (AvgIpc) is 2.66. The fourth-order valence-corrected chi connectivity index (χ4v) is 4.21. The van der Waals surface area contributed by atoms with Crippen LogP contribution in [-0.2, 0) is 9.59 Å². The first-order valence-corrected chi connectivity index (χ1v) is 11.5. The van der Waals surface area contributed by atoms with E-state index in [1.54, 1.807) is 0 Å². The lowest BCUT2D eigenvalue weighted by Gasteiger charge is -2.28. The first kappa shape index (κ1) is 26.2. The Hall–Kier alpha value is -1.83. The van der Waals surface area contributed by atoms with E-state index in [0.717, 1.165) is 32.1 Å². The van der Waals surface area contributed by atoms with Crippen molar-refractivity contribution < 1.29 is 19.5 Å². The molecule has 0 radical (unpaired) electrons. The maximum atomic E-state index is 12.9. The van der Waals surface area contributed by atoms with E-state index in [1.165, 1.54) is 6.42 Å². The zero-order valence-corrected chi connectivity index (χ0v) is 18.9. The average molecular weight is 427 g/mol. The SMILES string of the molecule is CC(C)C[C@@H](C)NC(=O)C(CC1CCCCC1)NC(=O)N[C@@H](CCCCN)C(=O)O. The molecular weight excluding hydrogens is 384 g/mol. The Balaban J connectivity index is 2.72. The van der Waals surface area contributed by atoms with Crippen molar-refractivity contribution in [1.29, 1.82) is 0 Å². The molecule has 3 atom stereocenters. The van der Waals surface area contributed by atoms with Gasteiger partial charge in [0.2, 0.25) is 5.91 Å². The van der Waals surface area contributed by atoms with Crippen LogP contribution >= 0.6 is 0 Å². The van der Waals surface area contributed by atoms with E-state index >= 15 is 0 Å². The molecular formula is C22H42N4O4. The van der Waals surface area contributed by atoms with Gasteiger partial charge in [-0.15, -0.1) is 0 Å². The van der Waals surface area contributed by atoms with E-state index < -0.39 is 24.1 Å². The molecule has 0 aromatic rings. The third kappa shape index (κ3) is 10.8. The van der Waals surface area contributed by atoms with Gasteiger partial charge in [-0.1, -0.05) is 46.0 Å². The van der Waals surface area contributed by atoms with Crippen LogP contribution in [0.2, 0.25) is 0 Å². The summed E-state index contributed by atoms with van der Waals surface area (Å²) in [5, 5.41) is 17.6. The molecule has 1 unspecified atom stereocenters. The topological polar surface area (TPSA) is 134 Å². The summed E-state index contributed by atoms with van der Waals surface area (Å²) in [5.74, 6) is -0.423. The highest BCUT2D eigenvalue weighted by atomic mass is 16.4. The zero-order valence-electron chi connectivity index (χ0n) is 18.9. The molecule has 8 heteroatoms. The third-order valence-corrected chi connectivity index (χ3v) is 5.68. The Labute approximate surface area is 181 Å². The first-order valence-electron chi connectivity index (χ1n) is 11.5. The van der Waals surface area contributed by atoms with Gasteiger partial charge in [-0.25, -0.2) is 9.59 Å². The standard InChI is InChI=1S/C22H42N4O4/c1-15(2)13-16(3)24-20(27)19(14-17-9-5-4-6-10-17)26-22(30)25-18(21(28)29)11-7-8-12-23/h15-19H,4-14,23H2,1-3H3,(H,24,27)(H,28,29)(H2,25,26,30)/t16-,18+,19?/m1/s1. The van der Waals surface area contributed by atoms with Crippen molar-refractivity contribution in [1.82, 2.24) is 16.0 Å². The molecule has 30 heavy (non-hydrogen) atoms. The lowest BCUT2D eigenvalue weighted by Crippen LogP contribution is -2.55. The van der Waals surface area contributed by atoms with Gasteiger partial charge in [0, 0.05) is 6.04 Å². The van der Waals surface area contributed by atoms with Gasteiger partial charge in [-0.05, 0) is 57.4 Å². The second-order valence-electron chi connectivity index (χ2n) is 9.12. The summed E-state index contributed by atoms with van der Waals surface area (Å²) in [4.78, 5) is 36.9. The molecule has 0 spiro atoms.